The zero-order chi connectivity index (χ0) is 14.4. The van der Waals surface area contributed by atoms with E-state index in [1.54, 1.807) is 12.1 Å². The molecular formula is C14H16O4S. The molecule has 102 valence electrons. The number of Topliss-reactive ketones (excluding diaryl/α,β-unsaturated/α-hetero) is 1. The normalized spacial score (nSPS) is 11.9. The van der Waals surface area contributed by atoms with Crippen molar-refractivity contribution in [1.82, 2.24) is 0 Å². The summed E-state index contributed by atoms with van der Waals surface area (Å²) in [6, 6.07) is 7.00. The molecule has 19 heavy (non-hydrogen) atoms. The van der Waals surface area contributed by atoms with Crippen molar-refractivity contribution in [2.45, 2.75) is 20.3 Å². The van der Waals surface area contributed by atoms with Gasteiger partial charge < -0.3 is 5.11 Å². The fourth-order valence-electron chi connectivity index (χ4n) is 1.52. The van der Waals surface area contributed by atoms with E-state index in [0.29, 0.717) is 5.56 Å². The summed E-state index contributed by atoms with van der Waals surface area (Å²) < 4.78 is 0. The highest BCUT2D eigenvalue weighted by Crippen LogP contribution is 2.17. The first-order valence-electron chi connectivity index (χ1n) is 5.86. The molecule has 0 radical (unpaired) electrons. The molecule has 1 atom stereocenters. The number of carbonyl (C=O) groups is 3. The Labute approximate surface area is 116 Å². The van der Waals surface area contributed by atoms with Crippen LogP contribution in [0.5, 0.6) is 0 Å². The molecule has 0 aliphatic carbocycles. The van der Waals surface area contributed by atoms with Crippen LogP contribution in [-0.4, -0.2) is 27.7 Å². The maximum absolute atomic E-state index is 12.0. The van der Waals surface area contributed by atoms with E-state index in [1.165, 1.54) is 6.92 Å². The van der Waals surface area contributed by atoms with Gasteiger partial charge >= 0.3 is 5.97 Å². The number of hydrogen-bond donors (Lipinski definition) is 1. The van der Waals surface area contributed by atoms with E-state index in [2.05, 4.69) is 0 Å². The molecule has 0 aliphatic heterocycles. The smallest absolute Gasteiger partial charge is 0.307 e. The third-order valence-corrected chi connectivity index (χ3v) is 3.62. The minimum atomic E-state index is -1.05. The van der Waals surface area contributed by atoms with Crippen LogP contribution < -0.4 is 0 Å². The number of carboxylic acid groups (broad SMARTS) is 1. The minimum Gasteiger partial charge on any atom is -0.481 e. The third kappa shape index (κ3) is 5.26. The summed E-state index contributed by atoms with van der Waals surface area (Å²) in [5, 5.41) is 8.90. The van der Waals surface area contributed by atoms with E-state index in [-0.39, 0.29) is 23.1 Å². The average Bonchev–Trinajstić information content (AvgIpc) is 2.34. The van der Waals surface area contributed by atoms with Gasteiger partial charge in [-0.3, -0.25) is 14.4 Å². The van der Waals surface area contributed by atoms with Crippen LogP contribution in [0, 0.1) is 12.8 Å². The Morgan fingerprint density at radius 1 is 1.21 bits per heavy atom. The first-order chi connectivity index (χ1) is 8.90. The van der Waals surface area contributed by atoms with Crippen molar-refractivity contribution in [2.75, 3.05) is 5.75 Å². The molecule has 1 unspecified atom stereocenters. The van der Waals surface area contributed by atoms with Gasteiger partial charge in [-0.2, -0.15) is 0 Å². The van der Waals surface area contributed by atoms with Gasteiger partial charge in [0.1, 0.15) is 0 Å². The predicted molar refractivity (Wildman–Crippen MR) is 74.4 cm³/mol. The van der Waals surface area contributed by atoms with Crippen LogP contribution in [-0.2, 0) is 9.59 Å². The van der Waals surface area contributed by atoms with Crippen molar-refractivity contribution in [3.8, 4) is 0 Å². The Kier molecular flexibility index (Phi) is 5.76. The number of benzene rings is 1. The van der Waals surface area contributed by atoms with Gasteiger partial charge in [0, 0.05) is 24.7 Å². The lowest BCUT2D eigenvalue weighted by Crippen LogP contribution is -2.21. The number of thioether (sulfide) groups is 1. The maximum atomic E-state index is 12.0. The number of hydrogen-bond acceptors (Lipinski definition) is 4. The van der Waals surface area contributed by atoms with Gasteiger partial charge in [-0.25, -0.2) is 0 Å². The summed E-state index contributed by atoms with van der Waals surface area (Å²) >= 11 is 0.935. The summed E-state index contributed by atoms with van der Waals surface area (Å²) in [6.45, 7) is 3.29. The van der Waals surface area contributed by atoms with Crippen LogP contribution in [0.2, 0.25) is 0 Å². The molecule has 0 spiro atoms. The van der Waals surface area contributed by atoms with E-state index in [0.717, 1.165) is 17.3 Å². The molecule has 0 heterocycles. The zero-order valence-corrected chi connectivity index (χ0v) is 11.7. The standard InChI is InChI=1S/C14H16O4S/c1-9-3-5-11(6-4-9)13(16)7-12(14(17)18)8-19-10(2)15/h3-6,12H,7-8H2,1-2H3,(H,17,18). The van der Waals surface area contributed by atoms with Gasteiger partial charge in [0.25, 0.3) is 0 Å². The van der Waals surface area contributed by atoms with Crippen molar-refractivity contribution in [3.05, 3.63) is 35.4 Å². The molecule has 0 saturated carbocycles. The third-order valence-electron chi connectivity index (χ3n) is 2.64. The number of ketones is 1. The quantitative estimate of drug-likeness (QED) is 0.811. The Bertz CT molecular complexity index is 479. The second-order valence-electron chi connectivity index (χ2n) is 4.33. The zero-order valence-electron chi connectivity index (χ0n) is 10.9. The molecule has 1 aromatic carbocycles. The van der Waals surface area contributed by atoms with Crippen molar-refractivity contribution in [3.63, 3.8) is 0 Å². The SMILES string of the molecule is CC(=O)SCC(CC(=O)c1ccc(C)cc1)C(=O)O. The molecule has 0 aromatic heterocycles. The number of carboxylic acids is 1. The number of aryl methyl sites for hydroxylation is 1. The highest BCUT2D eigenvalue weighted by Gasteiger charge is 2.22. The largest absolute Gasteiger partial charge is 0.481 e. The predicted octanol–water partition coefficient (Wildman–Crippen LogP) is 2.55. The van der Waals surface area contributed by atoms with Crippen LogP contribution in [0.3, 0.4) is 0 Å². The van der Waals surface area contributed by atoms with E-state index < -0.39 is 11.9 Å². The molecule has 0 aliphatic rings. The van der Waals surface area contributed by atoms with Gasteiger partial charge in [-0.05, 0) is 6.92 Å². The van der Waals surface area contributed by atoms with Gasteiger partial charge in [-0.1, -0.05) is 41.6 Å². The molecule has 0 amide bonds. The summed E-state index contributed by atoms with van der Waals surface area (Å²) in [6.07, 6.45) is -0.0846. The van der Waals surface area contributed by atoms with E-state index in [1.807, 2.05) is 19.1 Å². The lowest BCUT2D eigenvalue weighted by Gasteiger charge is -2.10. The van der Waals surface area contributed by atoms with Gasteiger partial charge in [0.15, 0.2) is 10.9 Å². The van der Waals surface area contributed by atoms with E-state index in [9.17, 15) is 14.4 Å². The van der Waals surface area contributed by atoms with E-state index in [4.69, 9.17) is 5.11 Å². The molecular weight excluding hydrogens is 264 g/mol. The first-order valence-corrected chi connectivity index (χ1v) is 6.84. The van der Waals surface area contributed by atoms with Gasteiger partial charge in [-0.15, -0.1) is 0 Å². The molecule has 0 saturated heterocycles. The van der Waals surface area contributed by atoms with Crippen LogP contribution >= 0.6 is 11.8 Å². The fraction of sp³-hybridized carbons (Fsp3) is 0.357. The summed E-state index contributed by atoms with van der Waals surface area (Å²) in [5.74, 6) is -1.96. The maximum Gasteiger partial charge on any atom is 0.307 e. The topological polar surface area (TPSA) is 71.4 Å². The summed E-state index contributed by atoms with van der Waals surface area (Å²) in [7, 11) is 0. The minimum absolute atomic E-state index is 0.0846. The Morgan fingerprint density at radius 2 is 1.79 bits per heavy atom. The molecule has 4 nitrogen and oxygen atoms in total. The lowest BCUT2D eigenvalue weighted by molar-refractivity contribution is -0.140. The summed E-state index contributed by atoms with van der Waals surface area (Å²) in [5.41, 5.74) is 1.54. The average molecular weight is 280 g/mol. The molecule has 0 fully saturated rings. The van der Waals surface area contributed by atoms with E-state index >= 15 is 0 Å². The Balaban J connectivity index is 2.68. The van der Waals surface area contributed by atoms with Crippen LogP contribution in [0.25, 0.3) is 0 Å². The molecule has 0 bridgehead atoms. The van der Waals surface area contributed by atoms with Crippen molar-refractivity contribution in [1.29, 1.82) is 0 Å². The van der Waals surface area contributed by atoms with Crippen LogP contribution in [0.4, 0.5) is 0 Å². The van der Waals surface area contributed by atoms with Gasteiger partial charge in [0.05, 0.1) is 5.92 Å². The first kappa shape index (κ1) is 15.4. The van der Waals surface area contributed by atoms with Crippen LogP contribution in [0.1, 0.15) is 29.3 Å². The molecule has 1 rings (SSSR count). The number of aliphatic carboxylic acids is 1. The highest BCUT2D eigenvalue weighted by molar-refractivity contribution is 8.13. The Hall–Kier alpha value is -1.62. The second-order valence-corrected chi connectivity index (χ2v) is 5.53. The molecule has 1 N–H and O–H groups in total. The summed E-state index contributed by atoms with van der Waals surface area (Å²) in [4.78, 5) is 33.9. The molecule has 5 heteroatoms. The monoisotopic (exact) mass is 280 g/mol. The Morgan fingerprint density at radius 3 is 2.26 bits per heavy atom. The fourth-order valence-corrected chi connectivity index (χ4v) is 2.21. The van der Waals surface area contributed by atoms with Crippen molar-refractivity contribution < 1.29 is 19.5 Å². The second kappa shape index (κ2) is 7.09. The van der Waals surface area contributed by atoms with Crippen molar-refractivity contribution >= 4 is 28.6 Å². The molecule has 1 aromatic rings. The number of carbonyl (C=O) groups excluding carboxylic acids is 2. The number of rotatable bonds is 6. The highest BCUT2D eigenvalue weighted by atomic mass is 32.2. The van der Waals surface area contributed by atoms with Crippen molar-refractivity contribution in [2.24, 2.45) is 5.92 Å². The lowest BCUT2D eigenvalue weighted by atomic mass is 9.99. The van der Waals surface area contributed by atoms with Gasteiger partial charge in [0.2, 0.25) is 0 Å². The van der Waals surface area contributed by atoms with Crippen LogP contribution in [0.15, 0.2) is 24.3 Å².